The number of carbonyl (C=O) groups is 1. The fourth-order valence-corrected chi connectivity index (χ4v) is 2.92. The summed E-state index contributed by atoms with van der Waals surface area (Å²) in [6.45, 7) is 2.16. The first kappa shape index (κ1) is 18.4. The Kier molecular flexibility index (Phi) is 5.66. The second-order valence-corrected chi connectivity index (χ2v) is 5.97. The first-order chi connectivity index (χ1) is 13.2. The van der Waals surface area contributed by atoms with E-state index in [1.165, 1.54) is 7.11 Å². The second-order valence-electron chi connectivity index (χ2n) is 5.97. The van der Waals surface area contributed by atoms with E-state index in [0.717, 1.165) is 28.0 Å². The molecule has 6 nitrogen and oxygen atoms in total. The Morgan fingerprint density at radius 2 is 1.93 bits per heavy atom. The summed E-state index contributed by atoms with van der Waals surface area (Å²) in [4.78, 5) is 22.7. The summed E-state index contributed by atoms with van der Waals surface area (Å²) in [7, 11) is 2.96. The third-order valence-corrected chi connectivity index (χ3v) is 4.32. The Labute approximate surface area is 158 Å². The van der Waals surface area contributed by atoms with E-state index in [9.17, 15) is 4.79 Å². The number of rotatable bonds is 6. The highest BCUT2D eigenvalue weighted by Crippen LogP contribution is 2.21. The smallest absolute Gasteiger partial charge is 0.273 e. The van der Waals surface area contributed by atoms with Crippen molar-refractivity contribution in [1.82, 2.24) is 5.32 Å². The summed E-state index contributed by atoms with van der Waals surface area (Å²) in [5.41, 5.74) is 5.58. The van der Waals surface area contributed by atoms with Crippen LogP contribution < -0.4 is 5.32 Å². The summed E-state index contributed by atoms with van der Waals surface area (Å²) >= 11 is 0. The number of nitrogens with one attached hydrogen (secondary N) is 1. The molecule has 1 N–H and O–H groups in total. The molecule has 0 aliphatic heterocycles. The van der Waals surface area contributed by atoms with E-state index in [1.807, 2.05) is 61.5 Å². The van der Waals surface area contributed by atoms with Crippen LogP contribution in [0, 0.1) is 6.92 Å². The van der Waals surface area contributed by atoms with E-state index >= 15 is 0 Å². The molecular formula is C21H21N3O3. The first-order valence-electron chi connectivity index (χ1n) is 8.55. The van der Waals surface area contributed by atoms with E-state index in [-0.39, 0.29) is 18.2 Å². The van der Waals surface area contributed by atoms with Crippen LogP contribution in [0.4, 0.5) is 0 Å². The third-order valence-electron chi connectivity index (χ3n) is 4.32. The summed E-state index contributed by atoms with van der Waals surface area (Å²) < 4.78 is 0. The molecular weight excluding hydrogens is 342 g/mol. The molecule has 0 unspecified atom stereocenters. The zero-order valence-corrected chi connectivity index (χ0v) is 15.5. The van der Waals surface area contributed by atoms with Crippen molar-refractivity contribution in [2.75, 3.05) is 14.2 Å². The van der Waals surface area contributed by atoms with Gasteiger partial charge in [-0.1, -0.05) is 58.9 Å². The molecule has 3 rings (SSSR count). The van der Waals surface area contributed by atoms with Crippen LogP contribution in [-0.4, -0.2) is 31.5 Å². The van der Waals surface area contributed by atoms with E-state index < -0.39 is 0 Å². The molecule has 0 fully saturated rings. The molecule has 0 spiro atoms. The van der Waals surface area contributed by atoms with Crippen LogP contribution in [0.2, 0.25) is 0 Å². The molecule has 0 radical (unpaired) electrons. The molecule has 2 aromatic carbocycles. The van der Waals surface area contributed by atoms with E-state index in [1.54, 1.807) is 7.05 Å². The van der Waals surface area contributed by atoms with Gasteiger partial charge < -0.3 is 15.0 Å². The minimum atomic E-state index is -0.331. The van der Waals surface area contributed by atoms with E-state index in [0.29, 0.717) is 5.56 Å². The van der Waals surface area contributed by atoms with Gasteiger partial charge in [0.25, 0.3) is 5.91 Å². The largest absolute Gasteiger partial charge is 0.398 e. The predicted octanol–water partition coefficient (Wildman–Crippen LogP) is 3.04. The number of nitrogens with zero attached hydrogens (tertiary/aromatic N) is 2. The molecule has 6 heteroatoms. The Hall–Kier alpha value is -3.41. The van der Waals surface area contributed by atoms with Crippen molar-refractivity contribution in [3.63, 3.8) is 0 Å². The highest BCUT2D eigenvalue weighted by atomic mass is 16.6. The predicted molar refractivity (Wildman–Crippen MR) is 106 cm³/mol. The standard InChI is InChI=1S/C21H21N3O3/c1-14-7-6-10-17(20(24-26-3)21(25)22-2)18(14)13-27-23-19-12-11-15-8-4-5-9-16(15)19/h4-12H,13H2,1-3H3,(H,22,25)/b23-19+,24-20+. The number of oxime groups is 2. The molecule has 0 aromatic heterocycles. The topological polar surface area (TPSA) is 72.3 Å². The summed E-state index contributed by atoms with van der Waals surface area (Å²) in [6, 6.07) is 13.6. The molecule has 0 saturated heterocycles. The first-order valence-corrected chi connectivity index (χ1v) is 8.55. The lowest BCUT2D eigenvalue weighted by molar-refractivity contribution is -0.114. The van der Waals surface area contributed by atoms with Gasteiger partial charge in [-0.25, -0.2) is 0 Å². The van der Waals surface area contributed by atoms with Gasteiger partial charge in [0.2, 0.25) is 0 Å². The number of likely N-dealkylation sites (N-methyl/N-ethyl adjacent to an activating group) is 1. The molecule has 1 amide bonds. The van der Waals surface area contributed by atoms with Gasteiger partial charge in [0.15, 0.2) is 5.71 Å². The minimum Gasteiger partial charge on any atom is -0.398 e. The SMILES string of the molecule is CNC(=O)/C(=N/OC)c1cccc(C)c1CO/N=C1\C=Cc2ccccc21. The van der Waals surface area contributed by atoms with E-state index in [2.05, 4.69) is 15.6 Å². The number of hydrogen-bond donors (Lipinski definition) is 1. The van der Waals surface area contributed by atoms with Crippen molar-refractivity contribution in [2.24, 2.45) is 10.3 Å². The van der Waals surface area contributed by atoms with Gasteiger partial charge in [0.1, 0.15) is 19.4 Å². The number of allylic oxidation sites excluding steroid dienone is 1. The Morgan fingerprint density at radius 1 is 1.11 bits per heavy atom. The lowest BCUT2D eigenvalue weighted by Gasteiger charge is -2.13. The Morgan fingerprint density at radius 3 is 2.70 bits per heavy atom. The highest BCUT2D eigenvalue weighted by Gasteiger charge is 2.19. The number of aryl methyl sites for hydroxylation is 1. The third kappa shape index (κ3) is 3.89. The second kappa shape index (κ2) is 8.31. The van der Waals surface area contributed by atoms with Gasteiger partial charge in [0, 0.05) is 23.7 Å². The molecule has 0 saturated carbocycles. The average Bonchev–Trinajstić information content (AvgIpc) is 3.10. The highest BCUT2D eigenvalue weighted by molar-refractivity contribution is 6.45. The number of hydrogen-bond acceptors (Lipinski definition) is 5. The van der Waals surface area contributed by atoms with Crippen molar-refractivity contribution in [3.8, 4) is 0 Å². The number of carbonyl (C=O) groups excluding carboxylic acids is 1. The molecule has 2 aromatic rings. The number of benzene rings is 2. The molecule has 138 valence electrons. The van der Waals surface area contributed by atoms with Crippen LogP contribution in [0.1, 0.15) is 27.8 Å². The van der Waals surface area contributed by atoms with Crippen LogP contribution in [-0.2, 0) is 21.1 Å². The molecule has 0 heterocycles. The van der Waals surface area contributed by atoms with Crippen molar-refractivity contribution in [1.29, 1.82) is 0 Å². The van der Waals surface area contributed by atoms with Crippen molar-refractivity contribution in [2.45, 2.75) is 13.5 Å². The van der Waals surface area contributed by atoms with Crippen LogP contribution in [0.15, 0.2) is 58.9 Å². The van der Waals surface area contributed by atoms with Crippen molar-refractivity contribution >= 4 is 23.4 Å². The molecule has 0 atom stereocenters. The Bertz CT molecular complexity index is 945. The summed E-state index contributed by atoms with van der Waals surface area (Å²) in [5, 5.41) is 10.7. The Balaban J connectivity index is 1.86. The zero-order valence-electron chi connectivity index (χ0n) is 15.5. The van der Waals surface area contributed by atoms with Gasteiger partial charge in [-0.2, -0.15) is 0 Å². The summed E-state index contributed by atoms with van der Waals surface area (Å²) in [6.07, 6.45) is 3.93. The van der Waals surface area contributed by atoms with Crippen LogP contribution in [0.5, 0.6) is 0 Å². The maximum atomic E-state index is 12.2. The van der Waals surface area contributed by atoms with Crippen LogP contribution in [0.3, 0.4) is 0 Å². The van der Waals surface area contributed by atoms with Gasteiger partial charge >= 0.3 is 0 Å². The summed E-state index contributed by atoms with van der Waals surface area (Å²) in [5.74, 6) is -0.331. The molecule has 1 aliphatic carbocycles. The van der Waals surface area contributed by atoms with Crippen molar-refractivity contribution < 1.29 is 14.5 Å². The van der Waals surface area contributed by atoms with Gasteiger partial charge in [0.05, 0.1) is 0 Å². The molecule has 27 heavy (non-hydrogen) atoms. The quantitative estimate of drug-likeness (QED) is 0.633. The fraction of sp³-hybridized carbons (Fsp3) is 0.190. The molecule has 1 aliphatic rings. The lowest BCUT2D eigenvalue weighted by Crippen LogP contribution is -2.29. The van der Waals surface area contributed by atoms with Gasteiger partial charge in [-0.15, -0.1) is 0 Å². The van der Waals surface area contributed by atoms with Crippen LogP contribution in [0.25, 0.3) is 6.08 Å². The number of fused-ring (bicyclic) bond motifs is 1. The van der Waals surface area contributed by atoms with Gasteiger partial charge in [-0.3, -0.25) is 4.79 Å². The zero-order chi connectivity index (χ0) is 19.2. The lowest BCUT2D eigenvalue weighted by atomic mass is 9.98. The van der Waals surface area contributed by atoms with Gasteiger partial charge in [-0.05, 0) is 24.1 Å². The minimum absolute atomic E-state index is 0.195. The fourth-order valence-electron chi connectivity index (χ4n) is 2.92. The molecule has 0 bridgehead atoms. The maximum absolute atomic E-state index is 12.2. The maximum Gasteiger partial charge on any atom is 0.273 e. The average molecular weight is 363 g/mol. The monoisotopic (exact) mass is 363 g/mol. The number of amides is 1. The van der Waals surface area contributed by atoms with E-state index in [4.69, 9.17) is 9.68 Å². The normalized spacial score (nSPS) is 14.2. The van der Waals surface area contributed by atoms with Crippen molar-refractivity contribution in [3.05, 3.63) is 76.4 Å². The van der Waals surface area contributed by atoms with Crippen LogP contribution >= 0.6 is 0 Å².